The molecule has 0 aliphatic heterocycles. The zero-order valence-corrected chi connectivity index (χ0v) is 19.7. The molecule has 0 unspecified atom stereocenters. The average Bonchev–Trinajstić information content (AvgIpc) is 2.66. The van der Waals surface area contributed by atoms with Crippen molar-refractivity contribution in [2.45, 2.75) is 45.3 Å². The lowest BCUT2D eigenvalue weighted by atomic mass is 9.95. The molecule has 0 aromatic heterocycles. The molecule has 2 aromatic rings. The molecule has 0 saturated heterocycles. The van der Waals surface area contributed by atoms with Gasteiger partial charge in [-0.05, 0) is 42.0 Å². The second-order valence-electron chi connectivity index (χ2n) is 8.67. The average molecular weight is 523 g/mol. The largest absolute Gasteiger partial charge is 0.481 e. The molecule has 0 heterocycles. The summed E-state index contributed by atoms with van der Waals surface area (Å²) in [6.07, 6.45) is -9.90. The number of hydrogen-bond acceptors (Lipinski definition) is 4. The summed E-state index contributed by atoms with van der Waals surface area (Å²) in [5, 5.41) is 11.6. The summed E-state index contributed by atoms with van der Waals surface area (Å²) in [6.45, 7) is 5.01. The third-order valence-electron chi connectivity index (χ3n) is 4.40. The summed E-state index contributed by atoms with van der Waals surface area (Å²) in [5.41, 5.74) is -1.57. The maximum atomic E-state index is 13.3. The SMILES string of the molecule is CC(C)(C)C(=O)Nc1ccc(Oc2cc(CC(=O)O)cc(C(F)(F)F)c2)c(CSCC(F)(F)F)c1. The number of nitrogens with one attached hydrogen (secondary N) is 1. The van der Waals surface area contributed by atoms with Gasteiger partial charge < -0.3 is 15.2 Å². The molecular formula is C23H23F6NO4S. The monoisotopic (exact) mass is 523 g/mol. The van der Waals surface area contributed by atoms with Crippen LogP contribution in [0.3, 0.4) is 0 Å². The number of alkyl halides is 6. The fourth-order valence-electron chi connectivity index (χ4n) is 2.75. The number of thioether (sulfide) groups is 1. The molecule has 2 N–H and O–H groups in total. The maximum Gasteiger partial charge on any atom is 0.416 e. The van der Waals surface area contributed by atoms with Gasteiger partial charge >= 0.3 is 18.3 Å². The minimum Gasteiger partial charge on any atom is -0.481 e. The number of halogens is 6. The van der Waals surface area contributed by atoms with Gasteiger partial charge in [-0.25, -0.2) is 0 Å². The molecule has 12 heteroatoms. The van der Waals surface area contributed by atoms with Crippen LogP contribution in [0.2, 0.25) is 0 Å². The lowest BCUT2D eigenvalue weighted by Gasteiger charge is -2.19. The number of carbonyl (C=O) groups excluding carboxylic acids is 1. The summed E-state index contributed by atoms with van der Waals surface area (Å²) in [7, 11) is 0. The topological polar surface area (TPSA) is 75.6 Å². The third kappa shape index (κ3) is 9.35. The van der Waals surface area contributed by atoms with Crippen molar-refractivity contribution in [3.63, 3.8) is 0 Å². The first-order chi connectivity index (χ1) is 15.9. The highest BCUT2D eigenvalue weighted by atomic mass is 32.2. The summed E-state index contributed by atoms with van der Waals surface area (Å²) in [6, 6.07) is 6.58. The molecule has 2 rings (SSSR count). The van der Waals surface area contributed by atoms with E-state index in [-0.39, 0.29) is 40.0 Å². The van der Waals surface area contributed by atoms with E-state index < -0.39 is 41.5 Å². The van der Waals surface area contributed by atoms with Crippen LogP contribution in [0, 0.1) is 5.41 Å². The smallest absolute Gasteiger partial charge is 0.416 e. The van der Waals surface area contributed by atoms with E-state index >= 15 is 0 Å². The number of rotatable bonds is 8. The zero-order valence-electron chi connectivity index (χ0n) is 18.9. The van der Waals surface area contributed by atoms with Crippen LogP contribution in [-0.2, 0) is 27.9 Å². The van der Waals surface area contributed by atoms with Crippen molar-refractivity contribution in [1.29, 1.82) is 0 Å². The number of aliphatic carboxylic acids is 1. The van der Waals surface area contributed by atoms with E-state index in [1.54, 1.807) is 20.8 Å². The molecule has 0 aliphatic rings. The van der Waals surface area contributed by atoms with E-state index in [0.717, 1.165) is 6.07 Å². The minimum atomic E-state index is -4.78. The van der Waals surface area contributed by atoms with Crippen LogP contribution in [-0.4, -0.2) is 28.9 Å². The number of benzene rings is 2. The first kappa shape index (κ1) is 28.3. The third-order valence-corrected chi connectivity index (χ3v) is 5.45. The van der Waals surface area contributed by atoms with Crippen molar-refractivity contribution >= 4 is 29.3 Å². The van der Waals surface area contributed by atoms with Gasteiger partial charge in [-0.3, -0.25) is 9.59 Å². The van der Waals surface area contributed by atoms with E-state index in [0.29, 0.717) is 23.9 Å². The van der Waals surface area contributed by atoms with E-state index in [1.807, 2.05) is 0 Å². The molecule has 0 bridgehead atoms. The summed E-state index contributed by atoms with van der Waals surface area (Å²) in [5.74, 6) is -3.44. The molecule has 35 heavy (non-hydrogen) atoms. The Morgan fingerprint density at radius 1 is 1.00 bits per heavy atom. The Labute approximate surface area is 201 Å². The number of ether oxygens (including phenoxy) is 1. The van der Waals surface area contributed by atoms with Gasteiger partial charge in [0.25, 0.3) is 0 Å². The van der Waals surface area contributed by atoms with Crippen molar-refractivity contribution in [3.05, 3.63) is 53.1 Å². The van der Waals surface area contributed by atoms with Crippen LogP contribution in [0.4, 0.5) is 32.0 Å². The molecule has 1 amide bonds. The first-order valence-corrected chi connectivity index (χ1v) is 11.3. The highest BCUT2D eigenvalue weighted by molar-refractivity contribution is 7.98. The summed E-state index contributed by atoms with van der Waals surface area (Å²) < 4.78 is 83.4. The van der Waals surface area contributed by atoms with Gasteiger partial charge in [0.05, 0.1) is 17.7 Å². The lowest BCUT2D eigenvalue weighted by molar-refractivity contribution is -0.138. The Morgan fingerprint density at radius 3 is 2.20 bits per heavy atom. The standard InChI is InChI=1S/C23H23F6NO4S/c1-21(2,3)20(33)30-16-4-5-18(14(9-16)11-35-12-22(24,25)26)34-17-7-13(8-19(31)32)6-15(10-17)23(27,28)29/h4-7,9-10H,8,11-12H2,1-3H3,(H,30,33)(H,31,32). The molecule has 0 atom stereocenters. The fraction of sp³-hybridized carbons (Fsp3) is 0.391. The Balaban J connectivity index is 2.43. The zero-order chi connectivity index (χ0) is 26.6. The van der Waals surface area contributed by atoms with Crippen molar-refractivity contribution < 1.29 is 45.8 Å². The van der Waals surface area contributed by atoms with Gasteiger partial charge in [-0.2, -0.15) is 26.3 Å². The number of carbonyl (C=O) groups is 2. The Kier molecular flexibility index (Phi) is 8.75. The van der Waals surface area contributed by atoms with Crippen LogP contribution in [0.15, 0.2) is 36.4 Å². The van der Waals surface area contributed by atoms with Gasteiger partial charge in [0, 0.05) is 22.4 Å². The first-order valence-electron chi connectivity index (χ1n) is 10.1. The van der Waals surface area contributed by atoms with Crippen LogP contribution in [0.5, 0.6) is 11.5 Å². The minimum absolute atomic E-state index is 0.0333. The molecule has 0 aliphatic carbocycles. The van der Waals surface area contributed by atoms with Crippen molar-refractivity contribution in [2.75, 3.05) is 11.1 Å². The maximum absolute atomic E-state index is 13.3. The molecule has 192 valence electrons. The Bertz CT molecular complexity index is 1080. The number of anilines is 1. The molecule has 0 spiro atoms. The van der Waals surface area contributed by atoms with Gasteiger partial charge in [0.1, 0.15) is 11.5 Å². The molecule has 0 saturated carbocycles. The quantitative estimate of drug-likeness (QED) is 0.368. The van der Waals surface area contributed by atoms with Gasteiger partial charge in [0.15, 0.2) is 0 Å². The van der Waals surface area contributed by atoms with Gasteiger partial charge in [0.2, 0.25) is 5.91 Å². The molecule has 5 nitrogen and oxygen atoms in total. The van der Waals surface area contributed by atoms with E-state index in [1.165, 1.54) is 18.2 Å². The van der Waals surface area contributed by atoms with E-state index in [2.05, 4.69) is 5.32 Å². The van der Waals surface area contributed by atoms with Crippen LogP contribution in [0.25, 0.3) is 0 Å². The second kappa shape index (κ2) is 10.8. The normalized spacial score (nSPS) is 12.4. The van der Waals surface area contributed by atoms with Gasteiger partial charge in [-0.1, -0.05) is 20.8 Å². The van der Waals surface area contributed by atoms with E-state index in [9.17, 15) is 35.9 Å². The van der Waals surface area contributed by atoms with Gasteiger partial charge in [-0.15, -0.1) is 11.8 Å². The molecule has 0 radical (unpaired) electrons. The van der Waals surface area contributed by atoms with Crippen molar-refractivity contribution in [2.24, 2.45) is 5.41 Å². The van der Waals surface area contributed by atoms with Crippen LogP contribution in [0.1, 0.15) is 37.5 Å². The Morgan fingerprint density at radius 2 is 1.66 bits per heavy atom. The molecule has 0 fully saturated rings. The predicted octanol–water partition coefficient (Wildman–Crippen LogP) is 6.90. The fourth-order valence-corrected chi connectivity index (χ4v) is 3.53. The Hall–Kier alpha value is -2.89. The molecule has 2 aromatic carbocycles. The van der Waals surface area contributed by atoms with E-state index in [4.69, 9.17) is 9.84 Å². The lowest BCUT2D eigenvalue weighted by Crippen LogP contribution is -2.27. The second-order valence-corrected chi connectivity index (χ2v) is 9.66. The molecular weight excluding hydrogens is 500 g/mol. The number of amides is 1. The van der Waals surface area contributed by atoms with Crippen LogP contribution >= 0.6 is 11.8 Å². The number of carboxylic acids is 1. The predicted molar refractivity (Wildman–Crippen MR) is 120 cm³/mol. The van der Waals surface area contributed by atoms with Crippen molar-refractivity contribution in [1.82, 2.24) is 0 Å². The number of carboxylic acid groups (broad SMARTS) is 1. The summed E-state index contributed by atoms with van der Waals surface area (Å²) in [4.78, 5) is 23.3. The highest BCUT2D eigenvalue weighted by Gasteiger charge is 2.32. The van der Waals surface area contributed by atoms with Crippen molar-refractivity contribution in [3.8, 4) is 11.5 Å². The summed E-state index contributed by atoms with van der Waals surface area (Å²) >= 11 is 0.515. The van der Waals surface area contributed by atoms with Crippen LogP contribution < -0.4 is 10.1 Å². The number of hydrogen-bond donors (Lipinski definition) is 2. The highest BCUT2D eigenvalue weighted by Crippen LogP contribution is 2.37.